The summed E-state index contributed by atoms with van der Waals surface area (Å²) in [6.45, 7) is 1.63. The number of nitrogens with zero attached hydrogens (tertiary/aromatic N) is 1. The number of carbonyl (C=O) groups is 2. The minimum absolute atomic E-state index is 0.00354. The molecule has 7 heteroatoms. The molecule has 1 fully saturated rings. The Kier molecular flexibility index (Phi) is 4.83. The number of aromatic hydroxyl groups is 1. The lowest BCUT2D eigenvalue weighted by molar-refractivity contribution is -0.128. The first-order valence-corrected chi connectivity index (χ1v) is 8.08. The number of hydrogen-bond acceptors (Lipinski definition) is 4. The van der Waals surface area contributed by atoms with E-state index in [1.165, 1.54) is 6.07 Å². The quantitative estimate of drug-likeness (QED) is 0.758. The summed E-state index contributed by atoms with van der Waals surface area (Å²) in [6.07, 6.45) is 1.51. The zero-order chi connectivity index (χ0) is 17.8. The molecule has 1 aliphatic rings. The minimum Gasteiger partial charge on any atom is -0.508 e. The van der Waals surface area contributed by atoms with Crippen LogP contribution >= 0.6 is 0 Å². The third-order valence-corrected chi connectivity index (χ3v) is 4.06. The highest BCUT2D eigenvalue weighted by Crippen LogP contribution is 2.15. The molecule has 0 unspecified atom stereocenters. The van der Waals surface area contributed by atoms with E-state index in [2.05, 4.69) is 10.3 Å². The molecule has 0 atom stereocenters. The number of pyridine rings is 1. The molecule has 7 nitrogen and oxygen atoms in total. The first-order chi connectivity index (χ1) is 12.0. The molecule has 1 aromatic heterocycles. The van der Waals surface area contributed by atoms with Crippen LogP contribution in [0.25, 0.3) is 0 Å². The molecule has 3 rings (SSSR count). The fourth-order valence-electron chi connectivity index (χ4n) is 2.86. The van der Waals surface area contributed by atoms with Crippen LogP contribution in [0, 0.1) is 0 Å². The summed E-state index contributed by atoms with van der Waals surface area (Å²) in [5, 5.41) is 12.1. The Bertz CT molecular complexity index is 859. The van der Waals surface area contributed by atoms with Crippen molar-refractivity contribution in [3.05, 3.63) is 63.6 Å². The van der Waals surface area contributed by atoms with E-state index >= 15 is 0 Å². The Labute approximate surface area is 144 Å². The number of rotatable bonds is 5. The van der Waals surface area contributed by atoms with Gasteiger partial charge in [0.15, 0.2) is 0 Å². The zero-order valence-corrected chi connectivity index (χ0v) is 13.6. The van der Waals surface area contributed by atoms with Crippen molar-refractivity contribution in [2.45, 2.75) is 25.9 Å². The van der Waals surface area contributed by atoms with Gasteiger partial charge in [-0.05, 0) is 17.5 Å². The first kappa shape index (κ1) is 16.8. The van der Waals surface area contributed by atoms with Crippen molar-refractivity contribution in [3.8, 4) is 5.75 Å². The molecular weight excluding hydrogens is 322 g/mol. The topological polar surface area (TPSA) is 102 Å². The fourth-order valence-corrected chi connectivity index (χ4v) is 2.86. The summed E-state index contributed by atoms with van der Waals surface area (Å²) in [4.78, 5) is 39.3. The van der Waals surface area contributed by atoms with Crippen molar-refractivity contribution in [1.82, 2.24) is 15.2 Å². The van der Waals surface area contributed by atoms with Gasteiger partial charge in [-0.15, -0.1) is 0 Å². The number of amides is 2. The third-order valence-electron chi connectivity index (χ3n) is 4.06. The van der Waals surface area contributed by atoms with E-state index in [1.807, 2.05) is 29.2 Å². The van der Waals surface area contributed by atoms with Gasteiger partial charge in [0, 0.05) is 38.2 Å². The van der Waals surface area contributed by atoms with Gasteiger partial charge in [0.2, 0.25) is 5.91 Å². The Morgan fingerprint density at radius 2 is 2.00 bits per heavy atom. The van der Waals surface area contributed by atoms with Crippen LogP contribution in [0.3, 0.4) is 0 Å². The van der Waals surface area contributed by atoms with Crippen LogP contribution in [0.4, 0.5) is 0 Å². The number of hydrogen-bond donors (Lipinski definition) is 3. The number of benzene rings is 1. The lowest BCUT2D eigenvalue weighted by Crippen LogP contribution is -2.26. The molecule has 2 heterocycles. The van der Waals surface area contributed by atoms with Crippen LogP contribution in [-0.4, -0.2) is 33.3 Å². The first-order valence-electron chi connectivity index (χ1n) is 8.08. The number of nitrogens with one attached hydrogen (secondary N) is 2. The molecule has 2 aromatic rings. The second kappa shape index (κ2) is 7.21. The van der Waals surface area contributed by atoms with Crippen molar-refractivity contribution >= 4 is 11.8 Å². The Balaban J connectivity index is 1.63. The van der Waals surface area contributed by atoms with Gasteiger partial charge in [0.1, 0.15) is 11.4 Å². The number of carbonyl (C=O) groups excluding carboxylic acids is 2. The molecule has 0 radical (unpaired) electrons. The molecule has 1 saturated heterocycles. The predicted molar refractivity (Wildman–Crippen MR) is 91.0 cm³/mol. The van der Waals surface area contributed by atoms with Gasteiger partial charge in [0.05, 0.1) is 0 Å². The van der Waals surface area contributed by atoms with Crippen molar-refractivity contribution in [1.29, 1.82) is 0 Å². The van der Waals surface area contributed by atoms with Gasteiger partial charge >= 0.3 is 0 Å². The monoisotopic (exact) mass is 341 g/mol. The average molecular weight is 341 g/mol. The van der Waals surface area contributed by atoms with Crippen LogP contribution in [0.5, 0.6) is 5.75 Å². The van der Waals surface area contributed by atoms with Crippen molar-refractivity contribution in [2.75, 3.05) is 6.54 Å². The summed E-state index contributed by atoms with van der Waals surface area (Å²) >= 11 is 0. The smallest absolute Gasteiger partial charge is 0.268 e. The maximum absolute atomic E-state index is 12.1. The van der Waals surface area contributed by atoms with Crippen molar-refractivity contribution in [3.63, 3.8) is 0 Å². The van der Waals surface area contributed by atoms with E-state index in [9.17, 15) is 19.5 Å². The highest BCUT2D eigenvalue weighted by molar-refractivity contribution is 5.92. The number of likely N-dealkylation sites (tertiary alicyclic amines) is 1. The molecule has 3 N–H and O–H groups in total. The highest BCUT2D eigenvalue weighted by Gasteiger charge is 2.19. The lowest BCUT2D eigenvalue weighted by Gasteiger charge is -2.16. The third kappa shape index (κ3) is 4.26. The Morgan fingerprint density at radius 1 is 1.20 bits per heavy atom. The van der Waals surface area contributed by atoms with Gasteiger partial charge in [0.25, 0.3) is 11.5 Å². The SMILES string of the molecule is O=C(NCc1cccc(CN2CCCC2=O)c1)c1cc(O)cc(=O)[nH]1. The Morgan fingerprint density at radius 3 is 2.72 bits per heavy atom. The number of aromatic nitrogens is 1. The molecule has 0 spiro atoms. The molecule has 0 aliphatic carbocycles. The van der Waals surface area contributed by atoms with Crippen LogP contribution in [-0.2, 0) is 17.9 Å². The van der Waals surface area contributed by atoms with Crippen LogP contribution in [0.1, 0.15) is 34.5 Å². The summed E-state index contributed by atoms with van der Waals surface area (Å²) in [5.41, 5.74) is 1.36. The molecular formula is C18H19N3O4. The summed E-state index contributed by atoms with van der Waals surface area (Å²) < 4.78 is 0. The molecule has 1 aliphatic heterocycles. The number of aromatic amines is 1. The summed E-state index contributed by atoms with van der Waals surface area (Å²) in [7, 11) is 0. The maximum atomic E-state index is 12.1. The van der Waals surface area contributed by atoms with Crippen LogP contribution in [0.15, 0.2) is 41.2 Å². The molecule has 2 amide bonds. The molecule has 1 aromatic carbocycles. The maximum Gasteiger partial charge on any atom is 0.268 e. The van der Waals surface area contributed by atoms with Gasteiger partial charge in [-0.3, -0.25) is 14.4 Å². The highest BCUT2D eigenvalue weighted by atomic mass is 16.3. The van der Waals surface area contributed by atoms with E-state index in [0.717, 1.165) is 30.2 Å². The molecule has 25 heavy (non-hydrogen) atoms. The van der Waals surface area contributed by atoms with Gasteiger partial charge in [-0.25, -0.2) is 0 Å². The zero-order valence-electron chi connectivity index (χ0n) is 13.6. The lowest BCUT2D eigenvalue weighted by atomic mass is 10.1. The average Bonchev–Trinajstić information content (AvgIpc) is 2.97. The van der Waals surface area contributed by atoms with Crippen LogP contribution in [0.2, 0.25) is 0 Å². The van der Waals surface area contributed by atoms with Crippen molar-refractivity contribution < 1.29 is 14.7 Å². The van der Waals surface area contributed by atoms with Gasteiger partial charge in [-0.1, -0.05) is 24.3 Å². The fraction of sp³-hybridized carbons (Fsp3) is 0.278. The van der Waals surface area contributed by atoms with E-state index in [1.54, 1.807) is 0 Å². The normalized spacial score (nSPS) is 13.9. The number of H-pyrrole nitrogens is 1. The summed E-state index contributed by atoms with van der Waals surface area (Å²) in [6, 6.07) is 9.85. The van der Waals surface area contributed by atoms with Gasteiger partial charge < -0.3 is 20.3 Å². The molecule has 0 saturated carbocycles. The minimum atomic E-state index is -0.539. The van der Waals surface area contributed by atoms with E-state index in [-0.39, 0.29) is 23.9 Å². The van der Waals surface area contributed by atoms with E-state index in [4.69, 9.17) is 0 Å². The van der Waals surface area contributed by atoms with Crippen LogP contribution < -0.4 is 10.9 Å². The largest absolute Gasteiger partial charge is 0.508 e. The molecule has 0 bridgehead atoms. The predicted octanol–water partition coefficient (Wildman–Crippen LogP) is 1.13. The van der Waals surface area contributed by atoms with E-state index in [0.29, 0.717) is 13.0 Å². The molecule has 130 valence electrons. The van der Waals surface area contributed by atoms with Crippen molar-refractivity contribution in [2.24, 2.45) is 0 Å². The Hall–Kier alpha value is -3.09. The van der Waals surface area contributed by atoms with Gasteiger partial charge in [-0.2, -0.15) is 0 Å². The van der Waals surface area contributed by atoms with E-state index < -0.39 is 11.5 Å². The second-order valence-corrected chi connectivity index (χ2v) is 6.04. The standard InChI is InChI=1S/C18H19N3O4/c22-14-8-15(20-16(23)9-14)18(25)19-10-12-3-1-4-13(7-12)11-21-6-2-5-17(21)24/h1,3-4,7-9H,2,5-6,10-11H2,(H,19,25)(H2,20,22,23). The summed E-state index contributed by atoms with van der Waals surface area (Å²) in [5.74, 6) is -0.564. The second-order valence-electron chi connectivity index (χ2n) is 6.04.